The van der Waals surface area contributed by atoms with Crippen LogP contribution in [0.25, 0.3) is 0 Å². The van der Waals surface area contributed by atoms with Gasteiger partial charge in [0.1, 0.15) is 0 Å². The molecule has 0 bridgehead atoms. The van der Waals surface area contributed by atoms with Gasteiger partial charge < -0.3 is 10.8 Å². The molecular formula is C12H18N2O3S. The number of nitrogens with two attached hydrogens (primary N) is 1. The number of hydrogen-bond acceptors (Lipinski definition) is 4. The Morgan fingerprint density at radius 2 is 2.11 bits per heavy atom. The molecule has 0 aliphatic heterocycles. The summed E-state index contributed by atoms with van der Waals surface area (Å²) in [5.74, 6) is 0. The number of aliphatic hydroxyl groups excluding tert-OH is 1. The van der Waals surface area contributed by atoms with Crippen LogP contribution in [0.1, 0.15) is 25.3 Å². The lowest BCUT2D eigenvalue weighted by Crippen LogP contribution is -2.46. The fraction of sp³-hybridized carbons (Fsp3) is 0.500. The lowest BCUT2D eigenvalue weighted by atomic mass is 9.91. The molecule has 0 heterocycles. The van der Waals surface area contributed by atoms with Gasteiger partial charge in [-0.15, -0.1) is 0 Å². The van der Waals surface area contributed by atoms with E-state index in [2.05, 4.69) is 4.72 Å². The Kier molecular flexibility index (Phi) is 3.61. The van der Waals surface area contributed by atoms with Crippen LogP contribution < -0.4 is 10.5 Å². The number of nitrogens with one attached hydrogen (secondary N) is 1. The van der Waals surface area contributed by atoms with Gasteiger partial charge in [-0.1, -0.05) is 13.0 Å². The number of rotatable bonds is 4. The summed E-state index contributed by atoms with van der Waals surface area (Å²) in [6.07, 6.45) is 1.19. The molecule has 1 aliphatic rings. The molecule has 1 fully saturated rings. The molecule has 0 spiro atoms. The highest BCUT2D eigenvalue weighted by molar-refractivity contribution is 7.89. The standard InChI is InChI=1S/C12H18N2O3S/c1-2-8-3-4-9(13)5-12(8)18(16,17)14-10-6-11(15)7-10/h3-5,10-11,14-15H,2,6-7,13H2,1H3. The maximum absolute atomic E-state index is 12.2. The summed E-state index contributed by atoms with van der Waals surface area (Å²) in [6.45, 7) is 1.90. The van der Waals surface area contributed by atoms with E-state index >= 15 is 0 Å². The fourth-order valence-corrected chi connectivity index (χ4v) is 3.69. The van der Waals surface area contributed by atoms with Crippen LogP contribution in [0.2, 0.25) is 0 Å². The van der Waals surface area contributed by atoms with E-state index in [1.54, 1.807) is 12.1 Å². The van der Waals surface area contributed by atoms with Gasteiger partial charge in [-0.25, -0.2) is 13.1 Å². The maximum atomic E-state index is 12.2. The van der Waals surface area contributed by atoms with Crippen molar-refractivity contribution in [2.45, 2.75) is 43.2 Å². The van der Waals surface area contributed by atoms with Crippen LogP contribution in [-0.2, 0) is 16.4 Å². The summed E-state index contributed by atoms with van der Waals surface area (Å²) in [4.78, 5) is 0.242. The second-order valence-corrected chi connectivity index (χ2v) is 6.35. The minimum Gasteiger partial charge on any atom is -0.399 e. The minimum atomic E-state index is -3.55. The van der Waals surface area contributed by atoms with E-state index in [-0.39, 0.29) is 17.0 Å². The molecule has 1 aliphatic carbocycles. The van der Waals surface area contributed by atoms with Crippen LogP contribution in [-0.4, -0.2) is 25.7 Å². The van der Waals surface area contributed by atoms with Crippen molar-refractivity contribution in [3.63, 3.8) is 0 Å². The SMILES string of the molecule is CCc1ccc(N)cc1S(=O)(=O)NC1CC(O)C1. The zero-order valence-corrected chi connectivity index (χ0v) is 11.1. The summed E-state index contributed by atoms with van der Waals surface area (Å²) in [6, 6.07) is 4.75. The molecule has 1 saturated carbocycles. The van der Waals surface area contributed by atoms with E-state index in [9.17, 15) is 13.5 Å². The van der Waals surface area contributed by atoms with Gasteiger partial charge in [0.05, 0.1) is 11.0 Å². The van der Waals surface area contributed by atoms with Crippen LogP contribution in [0.15, 0.2) is 23.1 Å². The summed E-state index contributed by atoms with van der Waals surface area (Å²) in [7, 11) is -3.55. The first-order valence-electron chi connectivity index (χ1n) is 6.01. The quantitative estimate of drug-likeness (QED) is 0.700. The Morgan fingerprint density at radius 3 is 2.67 bits per heavy atom. The molecule has 4 N–H and O–H groups in total. The molecule has 1 aromatic carbocycles. The first-order valence-corrected chi connectivity index (χ1v) is 7.49. The first kappa shape index (κ1) is 13.3. The number of benzene rings is 1. The van der Waals surface area contributed by atoms with Crippen molar-refractivity contribution in [3.8, 4) is 0 Å². The molecule has 1 aromatic rings. The predicted octanol–water partition coefficient (Wildman–Crippen LogP) is 0.633. The molecule has 0 atom stereocenters. The van der Waals surface area contributed by atoms with E-state index in [4.69, 9.17) is 5.73 Å². The third-order valence-corrected chi connectivity index (χ3v) is 4.80. The highest BCUT2D eigenvalue weighted by Crippen LogP contribution is 2.24. The van der Waals surface area contributed by atoms with E-state index < -0.39 is 10.0 Å². The Bertz CT molecular complexity index is 536. The minimum absolute atomic E-state index is 0.170. The second kappa shape index (κ2) is 4.87. The van der Waals surface area contributed by atoms with Gasteiger partial charge in [0.15, 0.2) is 0 Å². The third-order valence-electron chi connectivity index (χ3n) is 3.20. The maximum Gasteiger partial charge on any atom is 0.241 e. The van der Waals surface area contributed by atoms with E-state index in [0.29, 0.717) is 24.9 Å². The van der Waals surface area contributed by atoms with Crippen molar-refractivity contribution >= 4 is 15.7 Å². The van der Waals surface area contributed by atoms with Crippen LogP contribution in [0.5, 0.6) is 0 Å². The zero-order valence-electron chi connectivity index (χ0n) is 10.3. The van der Waals surface area contributed by atoms with Gasteiger partial charge in [0.2, 0.25) is 10.0 Å². The largest absolute Gasteiger partial charge is 0.399 e. The lowest BCUT2D eigenvalue weighted by Gasteiger charge is -2.31. The monoisotopic (exact) mass is 270 g/mol. The molecule has 0 radical (unpaired) electrons. The number of anilines is 1. The van der Waals surface area contributed by atoms with Crippen molar-refractivity contribution < 1.29 is 13.5 Å². The van der Waals surface area contributed by atoms with Gasteiger partial charge in [0, 0.05) is 11.7 Å². The number of hydrogen-bond donors (Lipinski definition) is 3. The molecule has 0 saturated heterocycles. The molecule has 6 heteroatoms. The van der Waals surface area contributed by atoms with Crippen LogP contribution >= 0.6 is 0 Å². The number of aryl methyl sites for hydroxylation is 1. The molecule has 0 unspecified atom stereocenters. The number of aliphatic hydroxyl groups is 1. The number of sulfonamides is 1. The molecule has 0 amide bonds. The van der Waals surface area contributed by atoms with Gasteiger partial charge in [-0.05, 0) is 37.0 Å². The average molecular weight is 270 g/mol. The van der Waals surface area contributed by atoms with E-state index in [1.165, 1.54) is 6.07 Å². The highest BCUT2D eigenvalue weighted by atomic mass is 32.2. The van der Waals surface area contributed by atoms with Crippen molar-refractivity contribution in [1.82, 2.24) is 4.72 Å². The topological polar surface area (TPSA) is 92.4 Å². The molecule has 0 aromatic heterocycles. The smallest absolute Gasteiger partial charge is 0.241 e. The molecule has 100 valence electrons. The molecular weight excluding hydrogens is 252 g/mol. The molecule has 18 heavy (non-hydrogen) atoms. The number of nitrogen functional groups attached to an aromatic ring is 1. The Labute approximate surface area is 107 Å². The Hall–Kier alpha value is -1.11. The second-order valence-electron chi connectivity index (χ2n) is 4.66. The van der Waals surface area contributed by atoms with Gasteiger partial charge >= 0.3 is 0 Å². The zero-order chi connectivity index (χ0) is 13.3. The molecule has 2 rings (SSSR count). The summed E-state index contributed by atoms with van der Waals surface area (Å²) < 4.78 is 27.0. The Balaban J connectivity index is 2.26. The lowest BCUT2D eigenvalue weighted by molar-refractivity contribution is 0.0712. The normalized spacial score (nSPS) is 23.7. The van der Waals surface area contributed by atoms with Crippen LogP contribution in [0, 0.1) is 0 Å². The van der Waals surface area contributed by atoms with Crippen molar-refractivity contribution in [2.24, 2.45) is 0 Å². The Morgan fingerprint density at radius 1 is 1.44 bits per heavy atom. The summed E-state index contributed by atoms with van der Waals surface area (Å²) in [5.41, 5.74) is 6.82. The first-order chi connectivity index (χ1) is 8.42. The van der Waals surface area contributed by atoms with Crippen LogP contribution in [0.3, 0.4) is 0 Å². The molecule has 5 nitrogen and oxygen atoms in total. The van der Waals surface area contributed by atoms with Crippen molar-refractivity contribution in [1.29, 1.82) is 0 Å². The fourth-order valence-electron chi connectivity index (χ4n) is 2.08. The highest BCUT2D eigenvalue weighted by Gasteiger charge is 2.31. The van der Waals surface area contributed by atoms with Gasteiger partial charge in [-0.3, -0.25) is 0 Å². The van der Waals surface area contributed by atoms with E-state index in [1.807, 2.05) is 6.92 Å². The van der Waals surface area contributed by atoms with Gasteiger partial charge in [0.25, 0.3) is 0 Å². The average Bonchev–Trinajstić information content (AvgIpc) is 2.26. The predicted molar refractivity (Wildman–Crippen MR) is 69.6 cm³/mol. The summed E-state index contributed by atoms with van der Waals surface area (Å²) >= 11 is 0. The van der Waals surface area contributed by atoms with Gasteiger partial charge in [-0.2, -0.15) is 0 Å². The third kappa shape index (κ3) is 2.66. The van der Waals surface area contributed by atoms with E-state index in [0.717, 1.165) is 5.56 Å². The summed E-state index contributed by atoms with van der Waals surface area (Å²) in [5, 5.41) is 9.18. The van der Waals surface area contributed by atoms with Crippen LogP contribution in [0.4, 0.5) is 5.69 Å². The van der Waals surface area contributed by atoms with Crippen molar-refractivity contribution in [3.05, 3.63) is 23.8 Å². The van der Waals surface area contributed by atoms with Crippen molar-refractivity contribution in [2.75, 3.05) is 5.73 Å².